The summed E-state index contributed by atoms with van der Waals surface area (Å²) >= 11 is 0. The molecule has 0 saturated carbocycles. The first-order valence-corrected chi connectivity index (χ1v) is 7.98. The van der Waals surface area contributed by atoms with Crippen LogP contribution in [0.2, 0.25) is 0 Å². The number of hydrogen-bond donors (Lipinski definition) is 1. The van der Waals surface area contributed by atoms with Gasteiger partial charge in [-0.25, -0.2) is 0 Å². The zero-order chi connectivity index (χ0) is 13.1. The molecular formula is C15H29N3O. The van der Waals surface area contributed by atoms with Gasteiger partial charge < -0.3 is 19.9 Å². The van der Waals surface area contributed by atoms with Crippen LogP contribution in [0.1, 0.15) is 19.3 Å². The lowest BCUT2D eigenvalue weighted by molar-refractivity contribution is -0.149. The summed E-state index contributed by atoms with van der Waals surface area (Å²) in [6, 6.07) is 0. The second kappa shape index (κ2) is 6.08. The molecule has 0 radical (unpaired) electrons. The molecule has 19 heavy (non-hydrogen) atoms. The average molecular weight is 267 g/mol. The van der Waals surface area contributed by atoms with E-state index in [1.54, 1.807) is 0 Å². The van der Waals surface area contributed by atoms with E-state index in [2.05, 4.69) is 22.2 Å². The molecule has 1 atom stereocenters. The highest BCUT2D eigenvalue weighted by molar-refractivity contribution is 4.95. The third-order valence-electron chi connectivity index (χ3n) is 5.40. The van der Waals surface area contributed by atoms with Crippen molar-refractivity contribution in [2.75, 3.05) is 66.1 Å². The van der Waals surface area contributed by atoms with Crippen molar-refractivity contribution in [2.24, 2.45) is 11.3 Å². The Morgan fingerprint density at radius 1 is 1.21 bits per heavy atom. The Bertz CT molecular complexity index is 287. The molecule has 4 nitrogen and oxygen atoms in total. The van der Waals surface area contributed by atoms with Gasteiger partial charge in [0.05, 0.1) is 13.2 Å². The highest BCUT2D eigenvalue weighted by Gasteiger charge is 2.46. The lowest BCUT2D eigenvalue weighted by atomic mass is 9.70. The number of piperazine rings is 1. The fourth-order valence-electron chi connectivity index (χ4n) is 3.97. The van der Waals surface area contributed by atoms with E-state index in [1.807, 2.05) is 0 Å². The Morgan fingerprint density at radius 3 is 2.58 bits per heavy atom. The minimum absolute atomic E-state index is 0.527. The topological polar surface area (TPSA) is 27.7 Å². The molecule has 3 aliphatic heterocycles. The standard InChI is InChI=1S/C15H29N3O/c1-17-8-3-14(11-17)15(12-19-13-15)4-2-7-18-9-5-16-6-10-18/h14,16H,2-13H2,1H3. The monoisotopic (exact) mass is 267 g/mol. The SMILES string of the molecule is CN1CCC(C2(CCCN3CCNCC3)COC2)C1. The molecule has 0 aromatic rings. The minimum Gasteiger partial charge on any atom is -0.380 e. The predicted octanol–water partition coefficient (Wildman–Crippen LogP) is 0.640. The molecule has 0 aliphatic carbocycles. The largest absolute Gasteiger partial charge is 0.380 e. The highest BCUT2D eigenvalue weighted by Crippen LogP contribution is 2.44. The van der Waals surface area contributed by atoms with Crippen LogP contribution in [-0.4, -0.2) is 75.9 Å². The second-order valence-electron chi connectivity index (χ2n) is 6.80. The fraction of sp³-hybridized carbons (Fsp3) is 1.00. The number of likely N-dealkylation sites (tertiary alicyclic amines) is 1. The van der Waals surface area contributed by atoms with Crippen LogP contribution in [0.3, 0.4) is 0 Å². The summed E-state index contributed by atoms with van der Waals surface area (Å²) < 4.78 is 5.59. The summed E-state index contributed by atoms with van der Waals surface area (Å²) in [4.78, 5) is 5.10. The highest BCUT2D eigenvalue weighted by atomic mass is 16.5. The third-order valence-corrected chi connectivity index (χ3v) is 5.40. The van der Waals surface area contributed by atoms with Gasteiger partial charge in [-0.1, -0.05) is 0 Å². The van der Waals surface area contributed by atoms with Gasteiger partial charge in [-0.05, 0) is 45.3 Å². The lowest BCUT2D eigenvalue weighted by Crippen LogP contribution is -2.50. The van der Waals surface area contributed by atoms with Crippen LogP contribution >= 0.6 is 0 Å². The van der Waals surface area contributed by atoms with Crippen molar-refractivity contribution in [2.45, 2.75) is 19.3 Å². The molecular weight excluding hydrogens is 238 g/mol. The Balaban J connectivity index is 1.44. The van der Waals surface area contributed by atoms with Gasteiger partial charge in [0.1, 0.15) is 0 Å². The van der Waals surface area contributed by atoms with Gasteiger partial charge in [-0.15, -0.1) is 0 Å². The first-order valence-electron chi connectivity index (χ1n) is 7.98. The van der Waals surface area contributed by atoms with E-state index in [1.165, 1.54) is 65.1 Å². The molecule has 3 fully saturated rings. The van der Waals surface area contributed by atoms with Gasteiger partial charge >= 0.3 is 0 Å². The van der Waals surface area contributed by atoms with Crippen LogP contribution in [0.25, 0.3) is 0 Å². The zero-order valence-electron chi connectivity index (χ0n) is 12.4. The van der Waals surface area contributed by atoms with E-state index in [-0.39, 0.29) is 0 Å². The number of hydrogen-bond acceptors (Lipinski definition) is 4. The van der Waals surface area contributed by atoms with Gasteiger partial charge in [-0.3, -0.25) is 0 Å². The van der Waals surface area contributed by atoms with Crippen molar-refractivity contribution in [1.82, 2.24) is 15.1 Å². The van der Waals surface area contributed by atoms with Crippen LogP contribution < -0.4 is 5.32 Å². The molecule has 0 aromatic heterocycles. The summed E-state index contributed by atoms with van der Waals surface area (Å²) in [6.45, 7) is 10.7. The molecule has 0 bridgehead atoms. The van der Waals surface area contributed by atoms with E-state index in [0.29, 0.717) is 5.41 Å². The van der Waals surface area contributed by atoms with Crippen molar-refractivity contribution in [3.63, 3.8) is 0 Å². The number of nitrogens with zero attached hydrogens (tertiary/aromatic N) is 2. The predicted molar refractivity (Wildman–Crippen MR) is 77.4 cm³/mol. The van der Waals surface area contributed by atoms with E-state index < -0.39 is 0 Å². The Morgan fingerprint density at radius 2 is 2.00 bits per heavy atom. The maximum Gasteiger partial charge on any atom is 0.0547 e. The van der Waals surface area contributed by atoms with Crippen LogP contribution in [-0.2, 0) is 4.74 Å². The Labute approximate surface area is 117 Å². The van der Waals surface area contributed by atoms with Gasteiger partial charge in [0.2, 0.25) is 0 Å². The van der Waals surface area contributed by atoms with E-state index in [9.17, 15) is 0 Å². The van der Waals surface area contributed by atoms with Crippen molar-refractivity contribution in [3.8, 4) is 0 Å². The fourth-order valence-corrected chi connectivity index (χ4v) is 3.97. The molecule has 1 unspecified atom stereocenters. The molecule has 110 valence electrons. The summed E-state index contributed by atoms with van der Waals surface area (Å²) in [5.74, 6) is 0.884. The second-order valence-corrected chi connectivity index (χ2v) is 6.80. The zero-order valence-corrected chi connectivity index (χ0v) is 12.4. The Hall–Kier alpha value is -0.160. The normalized spacial score (nSPS) is 32.4. The molecule has 4 heteroatoms. The lowest BCUT2D eigenvalue weighted by Gasteiger charge is -2.46. The summed E-state index contributed by atoms with van der Waals surface area (Å²) in [6.07, 6.45) is 4.10. The maximum atomic E-state index is 5.59. The Kier molecular flexibility index (Phi) is 4.42. The number of rotatable bonds is 5. The van der Waals surface area contributed by atoms with E-state index in [4.69, 9.17) is 4.74 Å². The van der Waals surface area contributed by atoms with Crippen LogP contribution in [0.4, 0.5) is 0 Å². The van der Waals surface area contributed by atoms with Crippen LogP contribution in [0, 0.1) is 11.3 Å². The van der Waals surface area contributed by atoms with E-state index >= 15 is 0 Å². The van der Waals surface area contributed by atoms with Gasteiger partial charge in [0, 0.05) is 38.1 Å². The van der Waals surface area contributed by atoms with Crippen molar-refractivity contribution in [1.29, 1.82) is 0 Å². The maximum absolute atomic E-state index is 5.59. The molecule has 0 spiro atoms. The first kappa shape index (κ1) is 13.8. The minimum atomic E-state index is 0.527. The van der Waals surface area contributed by atoms with Crippen molar-refractivity contribution < 1.29 is 4.74 Å². The van der Waals surface area contributed by atoms with Gasteiger partial charge in [-0.2, -0.15) is 0 Å². The summed E-state index contributed by atoms with van der Waals surface area (Å²) in [5.41, 5.74) is 0.527. The summed E-state index contributed by atoms with van der Waals surface area (Å²) in [7, 11) is 2.26. The van der Waals surface area contributed by atoms with Crippen LogP contribution in [0.15, 0.2) is 0 Å². The smallest absolute Gasteiger partial charge is 0.0547 e. The quantitative estimate of drug-likeness (QED) is 0.791. The van der Waals surface area contributed by atoms with E-state index in [0.717, 1.165) is 19.1 Å². The first-order chi connectivity index (χ1) is 9.28. The van der Waals surface area contributed by atoms with Crippen LogP contribution in [0.5, 0.6) is 0 Å². The molecule has 1 N–H and O–H groups in total. The van der Waals surface area contributed by atoms with Gasteiger partial charge in [0.25, 0.3) is 0 Å². The molecule has 3 rings (SSSR count). The average Bonchev–Trinajstić information content (AvgIpc) is 2.81. The van der Waals surface area contributed by atoms with Crippen molar-refractivity contribution in [3.05, 3.63) is 0 Å². The van der Waals surface area contributed by atoms with Gasteiger partial charge in [0.15, 0.2) is 0 Å². The van der Waals surface area contributed by atoms with Crippen molar-refractivity contribution >= 4 is 0 Å². The molecule has 3 saturated heterocycles. The number of nitrogens with one attached hydrogen (secondary N) is 1. The molecule has 3 aliphatic rings. The number of ether oxygens (including phenoxy) is 1. The molecule has 0 aromatic carbocycles. The summed E-state index contributed by atoms with van der Waals surface area (Å²) in [5, 5.41) is 3.43. The third kappa shape index (κ3) is 3.13. The molecule has 3 heterocycles. The molecule has 0 amide bonds.